The number of morpholine rings is 1. The van der Waals surface area contributed by atoms with Crippen molar-refractivity contribution in [2.75, 3.05) is 51.3 Å². The fraction of sp³-hybridized carbons (Fsp3) is 0.444. The largest absolute Gasteiger partial charge is 0.379 e. The number of hydrogen-bond acceptors (Lipinski definition) is 5. The van der Waals surface area contributed by atoms with Crippen molar-refractivity contribution in [2.45, 2.75) is 6.54 Å². The average molecular weight is 359 g/mol. The van der Waals surface area contributed by atoms with Crippen LogP contribution in [0.25, 0.3) is 10.9 Å². The molecule has 0 saturated carbocycles. The molecule has 0 spiro atoms. The van der Waals surface area contributed by atoms with Crippen LogP contribution < -0.4 is 16.4 Å². The van der Waals surface area contributed by atoms with Gasteiger partial charge in [0, 0.05) is 49.0 Å². The minimum Gasteiger partial charge on any atom is -0.379 e. The van der Waals surface area contributed by atoms with Crippen molar-refractivity contribution in [1.29, 1.82) is 0 Å². The van der Waals surface area contributed by atoms with Gasteiger partial charge in [0.05, 0.1) is 26.3 Å². The lowest BCUT2D eigenvalue weighted by Gasteiger charge is -2.26. The number of rotatable bonds is 7. The number of fused-ring (bicyclic) bond motifs is 1. The molecule has 1 aromatic carbocycles. The molecule has 2 amide bonds. The minimum absolute atomic E-state index is 0.0887. The van der Waals surface area contributed by atoms with Crippen LogP contribution in [0.3, 0.4) is 0 Å². The van der Waals surface area contributed by atoms with Crippen molar-refractivity contribution in [3.05, 3.63) is 30.5 Å². The molecular formula is C18H25N5O3. The van der Waals surface area contributed by atoms with E-state index in [0.717, 1.165) is 50.3 Å². The normalized spacial score (nSPS) is 15.1. The van der Waals surface area contributed by atoms with E-state index in [1.165, 1.54) is 0 Å². The van der Waals surface area contributed by atoms with Crippen LogP contribution in [-0.2, 0) is 20.9 Å². The van der Waals surface area contributed by atoms with Gasteiger partial charge >= 0.3 is 0 Å². The Hall–Kier alpha value is -2.42. The van der Waals surface area contributed by atoms with Gasteiger partial charge in [0.25, 0.3) is 0 Å². The Bertz CT molecular complexity index is 767. The summed E-state index contributed by atoms with van der Waals surface area (Å²) in [5.74, 6) is -0.633. The molecule has 2 aromatic rings. The number of amides is 2. The number of ether oxygens (including phenoxy) is 1. The van der Waals surface area contributed by atoms with E-state index in [-0.39, 0.29) is 24.9 Å². The van der Waals surface area contributed by atoms with E-state index < -0.39 is 0 Å². The van der Waals surface area contributed by atoms with Crippen LogP contribution in [0.2, 0.25) is 0 Å². The van der Waals surface area contributed by atoms with Gasteiger partial charge in [0.1, 0.15) is 0 Å². The maximum absolute atomic E-state index is 11.9. The molecule has 1 saturated heterocycles. The highest BCUT2D eigenvalue weighted by Gasteiger charge is 2.11. The molecule has 1 fully saturated rings. The van der Waals surface area contributed by atoms with Crippen molar-refractivity contribution in [3.63, 3.8) is 0 Å². The molecule has 0 atom stereocenters. The Morgan fingerprint density at radius 2 is 1.92 bits per heavy atom. The smallest absolute Gasteiger partial charge is 0.243 e. The van der Waals surface area contributed by atoms with E-state index >= 15 is 0 Å². The standard InChI is InChI=1S/C18H25N5O3/c19-12-17(24)20-13-18(25)21-15-1-2-16-14(11-15)3-4-23(16)6-5-22-7-9-26-10-8-22/h1-4,11H,5-10,12-13,19H2,(H,20,24)(H,21,25). The first kappa shape index (κ1) is 18.4. The maximum Gasteiger partial charge on any atom is 0.243 e. The minimum atomic E-state index is -0.354. The summed E-state index contributed by atoms with van der Waals surface area (Å²) in [5.41, 5.74) is 7.03. The number of carbonyl (C=O) groups excluding carboxylic acids is 2. The van der Waals surface area contributed by atoms with Crippen LogP contribution in [0.4, 0.5) is 5.69 Å². The monoisotopic (exact) mass is 359 g/mol. The van der Waals surface area contributed by atoms with Crippen molar-refractivity contribution in [2.24, 2.45) is 5.73 Å². The molecule has 0 bridgehead atoms. The first-order valence-corrected chi connectivity index (χ1v) is 8.81. The summed E-state index contributed by atoms with van der Waals surface area (Å²) in [6.45, 7) is 5.27. The molecule has 1 aromatic heterocycles. The zero-order valence-corrected chi connectivity index (χ0v) is 14.7. The van der Waals surface area contributed by atoms with E-state index in [1.54, 1.807) is 0 Å². The Labute approximate surface area is 152 Å². The number of carbonyl (C=O) groups is 2. The molecule has 2 heterocycles. The summed E-state index contributed by atoms with van der Waals surface area (Å²) in [5, 5.41) is 6.29. The van der Waals surface area contributed by atoms with E-state index in [9.17, 15) is 9.59 Å². The fourth-order valence-corrected chi connectivity index (χ4v) is 3.00. The Morgan fingerprint density at radius 1 is 1.12 bits per heavy atom. The molecule has 8 heteroatoms. The molecule has 0 aliphatic carbocycles. The number of benzene rings is 1. The Balaban J connectivity index is 1.57. The van der Waals surface area contributed by atoms with Gasteiger partial charge in [0.2, 0.25) is 11.8 Å². The van der Waals surface area contributed by atoms with Crippen LogP contribution in [0.15, 0.2) is 30.5 Å². The van der Waals surface area contributed by atoms with Gasteiger partial charge in [-0.1, -0.05) is 0 Å². The van der Waals surface area contributed by atoms with E-state index in [0.29, 0.717) is 5.69 Å². The topological polar surface area (TPSA) is 102 Å². The zero-order valence-electron chi connectivity index (χ0n) is 14.7. The second-order valence-electron chi connectivity index (χ2n) is 6.27. The number of aromatic nitrogens is 1. The molecular weight excluding hydrogens is 334 g/mol. The van der Waals surface area contributed by atoms with Crippen molar-refractivity contribution >= 4 is 28.4 Å². The Kier molecular flexibility index (Phi) is 6.21. The highest BCUT2D eigenvalue weighted by atomic mass is 16.5. The molecule has 3 rings (SSSR count). The van der Waals surface area contributed by atoms with Gasteiger partial charge < -0.3 is 25.7 Å². The third kappa shape index (κ3) is 4.81. The van der Waals surface area contributed by atoms with Gasteiger partial charge in [-0.25, -0.2) is 0 Å². The predicted molar refractivity (Wildman–Crippen MR) is 99.9 cm³/mol. The summed E-state index contributed by atoms with van der Waals surface area (Å²) in [7, 11) is 0. The number of nitrogens with zero attached hydrogens (tertiary/aromatic N) is 2. The number of nitrogens with two attached hydrogens (primary N) is 1. The first-order valence-electron chi connectivity index (χ1n) is 8.81. The second kappa shape index (κ2) is 8.79. The molecule has 1 aliphatic rings. The lowest BCUT2D eigenvalue weighted by Crippen LogP contribution is -2.38. The molecule has 8 nitrogen and oxygen atoms in total. The van der Waals surface area contributed by atoms with E-state index in [1.807, 2.05) is 24.3 Å². The van der Waals surface area contributed by atoms with Crippen molar-refractivity contribution in [1.82, 2.24) is 14.8 Å². The van der Waals surface area contributed by atoms with Crippen molar-refractivity contribution in [3.8, 4) is 0 Å². The fourth-order valence-electron chi connectivity index (χ4n) is 3.00. The summed E-state index contributed by atoms with van der Waals surface area (Å²) in [6, 6.07) is 7.85. The molecule has 0 radical (unpaired) electrons. The van der Waals surface area contributed by atoms with Crippen LogP contribution in [0.5, 0.6) is 0 Å². The third-order valence-electron chi connectivity index (χ3n) is 4.45. The zero-order chi connectivity index (χ0) is 18.4. The highest BCUT2D eigenvalue weighted by molar-refractivity contribution is 5.96. The average Bonchev–Trinajstić information content (AvgIpc) is 3.07. The Morgan fingerprint density at radius 3 is 2.69 bits per heavy atom. The lowest BCUT2D eigenvalue weighted by atomic mass is 10.2. The number of anilines is 1. The van der Waals surface area contributed by atoms with Gasteiger partial charge in [-0.2, -0.15) is 0 Å². The van der Waals surface area contributed by atoms with E-state index in [4.69, 9.17) is 10.5 Å². The molecule has 1 aliphatic heterocycles. The van der Waals surface area contributed by atoms with Crippen LogP contribution in [-0.4, -0.2) is 67.2 Å². The van der Waals surface area contributed by atoms with Gasteiger partial charge in [-0.3, -0.25) is 14.5 Å². The van der Waals surface area contributed by atoms with Crippen molar-refractivity contribution < 1.29 is 14.3 Å². The molecule has 140 valence electrons. The van der Waals surface area contributed by atoms with Crippen LogP contribution in [0.1, 0.15) is 0 Å². The van der Waals surface area contributed by atoms with Crippen LogP contribution >= 0.6 is 0 Å². The lowest BCUT2D eigenvalue weighted by molar-refractivity contribution is -0.123. The van der Waals surface area contributed by atoms with Gasteiger partial charge in [-0.15, -0.1) is 0 Å². The maximum atomic E-state index is 11.9. The SMILES string of the molecule is NCC(=O)NCC(=O)Nc1ccc2c(ccn2CCN2CCOCC2)c1. The quantitative estimate of drug-likeness (QED) is 0.645. The van der Waals surface area contributed by atoms with Crippen LogP contribution in [0, 0.1) is 0 Å². The highest BCUT2D eigenvalue weighted by Crippen LogP contribution is 2.20. The summed E-state index contributed by atoms with van der Waals surface area (Å²) in [4.78, 5) is 25.4. The summed E-state index contributed by atoms with van der Waals surface area (Å²) >= 11 is 0. The van der Waals surface area contributed by atoms with Gasteiger partial charge in [-0.05, 0) is 24.3 Å². The molecule has 26 heavy (non-hydrogen) atoms. The predicted octanol–water partition coefficient (Wildman–Crippen LogP) is -0.0131. The molecule has 4 N–H and O–H groups in total. The second-order valence-corrected chi connectivity index (χ2v) is 6.27. The summed E-state index contributed by atoms with van der Waals surface area (Å²) < 4.78 is 7.60. The van der Waals surface area contributed by atoms with E-state index in [2.05, 4.69) is 26.3 Å². The number of hydrogen-bond donors (Lipinski definition) is 3. The van der Waals surface area contributed by atoms with Gasteiger partial charge in [0.15, 0.2) is 0 Å². The molecule has 0 unspecified atom stereocenters. The number of nitrogens with one attached hydrogen (secondary N) is 2. The first-order chi connectivity index (χ1) is 12.7. The third-order valence-corrected chi connectivity index (χ3v) is 4.45. The summed E-state index contributed by atoms with van der Waals surface area (Å²) in [6.07, 6.45) is 2.07.